The summed E-state index contributed by atoms with van der Waals surface area (Å²) in [6, 6.07) is 0. The number of hydrogen-bond acceptors (Lipinski definition) is 3. The van der Waals surface area contributed by atoms with E-state index in [0.717, 1.165) is 16.7 Å². The second-order valence-corrected chi connectivity index (χ2v) is 3.65. The van der Waals surface area contributed by atoms with Crippen molar-refractivity contribution in [3.05, 3.63) is 48.7 Å². The molecule has 0 unspecified atom stereocenters. The molecule has 0 fully saturated rings. The van der Waals surface area contributed by atoms with Crippen LogP contribution in [0.4, 0.5) is 0 Å². The molecular weight excluding hydrogens is 200 g/mol. The monoisotopic (exact) mass is 216 g/mol. The van der Waals surface area contributed by atoms with Gasteiger partial charge in [-0.2, -0.15) is 4.98 Å². The van der Waals surface area contributed by atoms with Crippen LogP contribution in [0.25, 0.3) is 11.1 Å². The Morgan fingerprint density at radius 3 is 2.44 bits per heavy atom. The maximum absolute atomic E-state index is 5.16. The molecule has 0 radical (unpaired) electrons. The van der Waals surface area contributed by atoms with Gasteiger partial charge in [0.05, 0.1) is 0 Å². The van der Waals surface area contributed by atoms with E-state index in [0.29, 0.717) is 11.7 Å². The summed E-state index contributed by atoms with van der Waals surface area (Å²) in [5.41, 5.74) is 2.57. The van der Waals surface area contributed by atoms with Crippen molar-refractivity contribution in [3.63, 3.8) is 0 Å². The van der Waals surface area contributed by atoms with Gasteiger partial charge in [-0.05, 0) is 32.4 Å². The molecule has 16 heavy (non-hydrogen) atoms. The molecule has 0 N–H and O–H groups in total. The van der Waals surface area contributed by atoms with Crippen LogP contribution < -0.4 is 0 Å². The summed E-state index contributed by atoms with van der Waals surface area (Å²) in [5, 5.41) is 3.84. The zero-order valence-electron chi connectivity index (χ0n) is 9.95. The zero-order chi connectivity index (χ0) is 12.1. The first-order valence-corrected chi connectivity index (χ1v) is 5.04. The van der Waals surface area contributed by atoms with E-state index in [1.807, 2.05) is 39.0 Å². The summed E-state index contributed by atoms with van der Waals surface area (Å²) in [6.07, 6.45) is 5.72. The van der Waals surface area contributed by atoms with Crippen molar-refractivity contribution in [1.82, 2.24) is 10.1 Å². The molecule has 0 aliphatic rings. The summed E-state index contributed by atoms with van der Waals surface area (Å²) in [7, 11) is 0. The van der Waals surface area contributed by atoms with E-state index in [9.17, 15) is 0 Å². The first-order valence-electron chi connectivity index (χ1n) is 5.04. The van der Waals surface area contributed by atoms with Gasteiger partial charge in [0.1, 0.15) is 0 Å². The van der Waals surface area contributed by atoms with Gasteiger partial charge in [-0.15, -0.1) is 0 Å². The maximum Gasteiger partial charge on any atom is 0.258 e. The maximum atomic E-state index is 5.16. The molecule has 1 aromatic heterocycles. The molecule has 0 saturated carbocycles. The average molecular weight is 216 g/mol. The topological polar surface area (TPSA) is 38.9 Å². The highest BCUT2D eigenvalue weighted by Crippen LogP contribution is 2.17. The molecule has 0 amide bonds. The van der Waals surface area contributed by atoms with Crippen LogP contribution in [-0.2, 0) is 0 Å². The van der Waals surface area contributed by atoms with Crippen LogP contribution in [-0.4, -0.2) is 10.1 Å². The lowest BCUT2D eigenvalue weighted by Crippen LogP contribution is -1.84. The third kappa shape index (κ3) is 3.05. The highest BCUT2D eigenvalue weighted by atomic mass is 16.5. The first-order chi connectivity index (χ1) is 7.54. The van der Waals surface area contributed by atoms with Gasteiger partial charge >= 0.3 is 0 Å². The molecule has 0 aromatic carbocycles. The van der Waals surface area contributed by atoms with Crippen molar-refractivity contribution >= 4 is 11.1 Å². The van der Waals surface area contributed by atoms with Gasteiger partial charge in [0.2, 0.25) is 0 Å². The van der Waals surface area contributed by atoms with E-state index < -0.39 is 0 Å². The van der Waals surface area contributed by atoms with Crippen molar-refractivity contribution in [2.75, 3.05) is 0 Å². The van der Waals surface area contributed by atoms with E-state index in [2.05, 4.69) is 23.3 Å². The molecule has 0 saturated heterocycles. The fourth-order valence-electron chi connectivity index (χ4n) is 1.14. The molecule has 84 valence electrons. The largest absolute Gasteiger partial charge is 0.334 e. The standard InChI is InChI=1S/C13H16N2O/c1-6-7-11(8-9(2)3)13-14-12(10(4)5)15-16-13/h6-8H,2,4H2,1,3,5H3/b7-6?,11-8+. The number of allylic oxidation sites excluding steroid dienone is 6. The lowest BCUT2D eigenvalue weighted by molar-refractivity contribution is 0.405. The zero-order valence-corrected chi connectivity index (χ0v) is 9.95. The number of nitrogens with zero attached hydrogens (tertiary/aromatic N) is 2. The van der Waals surface area contributed by atoms with Crippen LogP contribution in [0.5, 0.6) is 0 Å². The third-order valence-corrected chi connectivity index (χ3v) is 1.80. The highest BCUT2D eigenvalue weighted by molar-refractivity contribution is 5.71. The summed E-state index contributed by atoms with van der Waals surface area (Å²) < 4.78 is 5.16. The summed E-state index contributed by atoms with van der Waals surface area (Å²) in [6.45, 7) is 13.3. The van der Waals surface area contributed by atoms with Gasteiger partial charge in [0, 0.05) is 5.57 Å². The molecule has 1 aromatic rings. The fourth-order valence-corrected chi connectivity index (χ4v) is 1.14. The number of rotatable bonds is 4. The molecule has 1 heterocycles. The Balaban J connectivity index is 3.12. The molecule has 3 heteroatoms. The van der Waals surface area contributed by atoms with Crippen molar-refractivity contribution in [1.29, 1.82) is 0 Å². The second-order valence-electron chi connectivity index (χ2n) is 3.65. The normalized spacial score (nSPS) is 12.1. The third-order valence-electron chi connectivity index (χ3n) is 1.80. The molecule has 3 nitrogen and oxygen atoms in total. The highest BCUT2D eigenvalue weighted by Gasteiger charge is 2.09. The van der Waals surface area contributed by atoms with Gasteiger partial charge in [0.25, 0.3) is 5.89 Å². The van der Waals surface area contributed by atoms with Gasteiger partial charge in [-0.3, -0.25) is 0 Å². The quantitative estimate of drug-likeness (QED) is 0.721. The lowest BCUT2D eigenvalue weighted by atomic mass is 10.1. The predicted octanol–water partition coefficient (Wildman–Crippen LogP) is 3.64. The fraction of sp³-hybridized carbons (Fsp3) is 0.231. The predicted molar refractivity (Wildman–Crippen MR) is 66.6 cm³/mol. The Kier molecular flexibility index (Phi) is 4.00. The van der Waals surface area contributed by atoms with Crippen LogP contribution in [0.2, 0.25) is 0 Å². The number of hydrogen-bond donors (Lipinski definition) is 0. The van der Waals surface area contributed by atoms with Crippen molar-refractivity contribution in [3.8, 4) is 0 Å². The van der Waals surface area contributed by atoms with E-state index in [1.54, 1.807) is 0 Å². The van der Waals surface area contributed by atoms with Crippen LogP contribution in [0.3, 0.4) is 0 Å². The SMILES string of the molecule is C=C(C)/C=C(\C=CC)c1nc(C(=C)C)no1. The Hall–Kier alpha value is -1.90. The Labute approximate surface area is 95.9 Å². The molecular formula is C13H16N2O. The minimum atomic E-state index is 0.485. The van der Waals surface area contributed by atoms with Crippen molar-refractivity contribution < 1.29 is 4.52 Å². The average Bonchev–Trinajstić information content (AvgIpc) is 2.65. The van der Waals surface area contributed by atoms with Gasteiger partial charge in [0.15, 0.2) is 5.82 Å². The Bertz CT molecular complexity index is 464. The summed E-state index contributed by atoms with van der Waals surface area (Å²) >= 11 is 0. The lowest BCUT2D eigenvalue weighted by Gasteiger charge is -1.94. The molecule has 0 bridgehead atoms. The van der Waals surface area contributed by atoms with Crippen LogP contribution >= 0.6 is 0 Å². The van der Waals surface area contributed by atoms with E-state index in [4.69, 9.17) is 4.52 Å². The first kappa shape index (κ1) is 12.2. The summed E-state index contributed by atoms with van der Waals surface area (Å²) in [5.74, 6) is 1.02. The van der Waals surface area contributed by atoms with Gasteiger partial charge < -0.3 is 4.52 Å². The molecule has 0 aliphatic carbocycles. The minimum absolute atomic E-state index is 0.485. The molecule has 1 rings (SSSR count). The molecule has 0 spiro atoms. The van der Waals surface area contributed by atoms with Crippen LogP contribution in [0.15, 0.2) is 41.5 Å². The van der Waals surface area contributed by atoms with Crippen LogP contribution in [0.1, 0.15) is 32.5 Å². The molecule has 0 atom stereocenters. The van der Waals surface area contributed by atoms with E-state index in [1.165, 1.54) is 0 Å². The van der Waals surface area contributed by atoms with Gasteiger partial charge in [-0.1, -0.05) is 36.0 Å². The molecule has 0 aliphatic heterocycles. The van der Waals surface area contributed by atoms with Crippen molar-refractivity contribution in [2.24, 2.45) is 0 Å². The van der Waals surface area contributed by atoms with E-state index in [-0.39, 0.29) is 0 Å². The van der Waals surface area contributed by atoms with Crippen molar-refractivity contribution in [2.45, 2.75) is 20.8 Å². The van der Waals surface area contributed by atoms with Gasteiger partial charge in [-0.25, -0.2) is 0 Å². The van der Waals surface area contributed by atoms with Crippen LogP contribution in [0, 0.1) is 0 Å². The number of aromatic nitrogens is 2. The Morgan fingerprint density at radius 2 is 2.00 bits per heavy atom. The van der Waals surface area contributed by atoms with E-state index >= 15 is 0 Å². The smallest absolute Gasteiger partial charge is 0.258 e. The Morgan fingerprint density at radius 1 is 1.31 bits per heavy atom. The second kappa shape index (κ2) is 5.26. The minimum Gasteiger partial charge on any atom is -0.334 e. The summed E-state index contributed by atoms with van der Waals surface area (Å²) in [4.78, 5) is 4.24.